The van der Waals surface area contributed by atoms with Gasteiger partial charge >= 0.3 is 12.1 Å². The SMILES string of the molecule is CC(=O)OCCN1CCN(Cc2cc(F)c(C)cc2C(F)(F)F)CC1. The van der Waals surface area contributed by atoms with E-state index >= 15 is 0 Å². The van der Waals surface area contributed by atoms with Crippen molar-refractivity contribution in [3.8, 4) is 0 Å². The summed E-state index contributed by atoms with van der Waals surface area (Å²) < 4.78 is 58.2. The van der Waals surface area contributed by atoms with Crippen LogP contribution in [0.25, 0.3) is 0 Å². The van der Waals surface area contributed by atoms with E-state index in [9.17, 15) is 22.4 Å². The van der Waals surface area contributed by atoms with Crippen LogP contribution >= 0.6 is 0 Å². The quantitative estimate of drug-likeness (QED) is 0.596. The Bertz CT molecular complexity index is 611. The van der Waals surface area contributed by atoms with Gasteiger partial charge < -0.3 is 4.74 Å². The number of nitrogens with zero attached hydrogens (tertiary/aromatic N) is 2. The first kappa shape index (κ1) is 19.7. The molecule has 0 spiro atoms. The fraction of sp³-hybridized carbons (Fsp3) is 0.588. The van der Waals surface area contributed by atoms with Gasteiger partial charge in [-0.05, 0) is 30.2 Å². The zero-order valence-electron chi connectivity index (χ0n) is 14.3. The van der Waals surface area contributed by atoms with Gasteiger partial charge in [0.1, 0.15) is 12.4 Å². The summed E-state index contributed by atoms with van der Waals surface area (Å²) >= 11 is 0. The van der Waals surface area contributed by atoms with Crippen LogP contribution in [0.1, 0.15) is 23.6 Å². The van der Waals surface area contributed by atoms with Gasteiger partial charge in [0.25, 0.3) is 0 Å². The predicted octanol–water partition coefficient (Wildman–Crippen LogP) is 2.83. The number of aryl methyl sites for hydroxylation is 1. The van der Waals surface area contributed by atoms with E-state index in [1.54, 1.807) is 0 Å². The number of carbonyl (C=O) groups is 1. The molecule has 0 aliphatic carbocycles. The molecule has 2 rings (SSSR count). The molecule has 0 saturated carbocycles. The smallest absolute Gasteiger partial charge is 0.416 e. The second kappa shape index (κ2) is 8.14. The Morgan fingerprint density at radius 2 is 1.76 bits per heavy atom. The van der Waals surface area contributed by atoms with Gasteiger partial charge in [0.2, 0.25) is 0 Å². The van der Waals surface area contributed by atoms with Gasteiger partial charge in [-0.15, -0.1) is 0 Å². The van der Waals surface area contributed by atoms with Gasteiger partial charge in [-0.3, -0.25) is 14.6 Å². The molecule has 0 aromatic heterocycles. The summed E-state index contributed by atoms with van der Waals surface area (Å²) in [5.74, 6) is -0.956. The molecule has 1 heterocycles. The lowest BCUT2D eigenvalue weighted by Crippen LogP contribution is -2.47. The second-order valence-electron chi connectivity index (χ2n) is 6.21. The number of halogens is 4. The summed E-state index contributed by atoms with van der Waals surface area (Å²) in [4.78, 5) is 14.7. The van der Waals surface area contributed by atoms with Gasteiger partial charge in [0.15, 0.2) is 0 Å². The van der Waals surface area contributed by atoms with Crippen LogP contribution in [0.5, 0.6) is 0 Å². The van der Waals surface area contributed by atoms with E-state index in [0.717, 1.165) is 12.1 Å². The number of rotatable bonds is 5. The summed E-state index contributed by atoms with van der Waals surface area (Å²) in [5, 5.41) is 0. The Labute approximate surface area is 144 Å². The molecule has 1 aliphatic heterocycles. The average molecular weight is 362 g/mol. The van der Waals surface area contributed by atoms with Crippen molar-refractivity contribution >= 4 is 5.97 Å². The van der Waals surface area contributed by atoms with Crippen molar-refractivity contribution in [2.45, 2.75) is 26.6 Å². The third kappa shape index (κ3) is 5.67. The van der Waals surface area contributed by atoms with E-state index in [4.69, 9.17) is 4.74 Å². The van der Waals surface area contributed by atoms with Crippen LogP contribution in [0.4, 0.5) is 17.6 Å². The zero-order chi connectivity index (χ0) is 18.6. The number of alkyl halides is 3. The molecule has 0 unspecified atom stereocenters. The minimum Gasteiger partial charge on any atom is -0.465 e. The Hall–Kier alpha value is -1.67. The molecule has 0 radical (unpaired) electrons. The van der Waals surface area contributed by atoms with Crippen molar-refractivity contribution in [1.29, 1.82) is 0 Å². The Kier molecular flexibility index (Phi) is 6.40. The van der Waals surface area contributed by atoms with Crippen molar-refractivity contribution in [3.05, 3.63) is 34.6 Å². The van der Waals surface area contributed by atoms with Crippen LogP contribution in [0.3, 0.4) is 0 Å². The summed E-state index contributed by atoms with van der Waals surface area (Å²) in [6, 6.07) is 1.87. The molecule has 1 aliphatic rings. The largest absolute Gasteiger partial charge is 0.465 e. The molecule has 1 saturated heterocycles. The van der Waals surface area contributed by atoms with Gasteiger partial charge in [-0.25, -0.2) is 4.39 Å². The normalized spacial score (nSPS) is 16.9. The van der Waals surface area contributed by atoms with Crippen LogP contribution in [0, 0.1) is 12.7 Å². The van der Waals surface area contributed by atoms with Crippen molar-refractivity contribution in [2.24, 2.45) is 0 Å². The maximum Gasteiger partial charge on any atom is 0.416 e. The summed E-state index contributed by atoms with van der Waals surface area (Å²) in [5.41, 5.74) is -0.820. The predicted molar refractivity (Wildman–Crippen MR) is 84.5 cm³/mol. The third-order valence-corrected chi connectivity index (χ3v) is 4.26. The number of esters is 1. The fourth-order valence-corrected chi connectivity index (χ4v) is 2.85. The van der Waals surface area contributed by atoms with E-state index in [1.807, 2.05) is 4.90 Å². The monoisotopic (exact) mass is 362 g/mol. The van der Waals surface area contributed by atoms with Crippen LogP contribution in [0.2, 0.25) is 0 Å². The van der Waals surface area contributed by atoms with Crippen LogP contribution in [-0.2, 0) is 22.3 Å². The lowest BCUT2D eigenvalue weighted by molar-refractivity contribution is -0.141. The van der Waals surface area contributed by atoms with Gasteiger partial charge in [0, 0.05) is 46.2 Å². The highest BCUT2D eigenvalue weighted by Gasteiger charge is 2.34. The van der Waals surface area contributed by atoms with E-state index in [1.165, 1.54) is 13.8 Å². The summed E-state index contributed by atoms with van der Waals surface area (Å²) in [6.45, 7) is 6.11. The van der Waals surface area contributed by atoms with Crippen LogP contribution in [-0.4, -0.2) is 55.1 Å². The number of benzene rings is 1. The van der Waals surface area contributed by atoms with E-state index in [-0.39, 0.29) is 23.6 Å². The number of hydrogen-bond acceptors (Lipinski definition) is 4. The number of carbonyl (C=O) groups excluding carboxylic acids is 1. The first-order valence-electron chi connectivity index (χ1n) is 8.11. The zero-order valence-corrected chi connectivity index (χ0v) is 14.3. The summed E-state index contributed by atoms with van der Waals surface area (Å²) in [6.07, 6.45) is -4.50. The van der Waals surface area contributed by atoms with E-state index in [0.29, 0.717) is 39.3 Å². The van der Waals surface area contributed by atoms with Crippen LogP contribution in [0.15, 0.2) is 12.1 Å². The van der Waals surface area contributed by atoms with E-state index in [2.05, 4.69) is 4.90 Å². The Morgan fingerprint density at radius 1 is 1.16 bits per heavy atom. The fourth-order valence-electron chi connectivity index (χ4n) is 2.85. The Balaban J connectivity index is 1.95. The third-order valence-electron chi connectivity index (χ3n) is 4.26. The second-order valence-corrected chi connectivity index (χ2v) is 6.21. The maximum atomic E-state index is 13.7. The minimum atomic E-state index is -4.50. The van der Waals surface area contributed by atoms with Gasteiger partial charge in [-0.2, -0.15) is 13.2 Å². The van der Waals surface area contributed by atoms with Gasteiger partial charge in [-0.1, -0.05) is 0 Å². The van der Waals surface area contributed by atoms with Crippen LogP contribution < -0.4 is 0 Å². The molecule has 0 atom stereocenters. The molecule has 0 bridgehead atoms. The van der Waals surface area contributed by atoms with Crippen molar-refractivity contribution < 1.29 is 27.1 Å². The van der Waals surface area contributed by atoms with Crippen molar-refractivity contribution in [2.75, 3.05) is 39.3 Å². The lowest BCUT2D eigenvalue weighted by atomic mass is 10.0. The minimum absolute atomic E-state index is 0.00799. The topological polar surface area (TPSA) is 32.8 Å². The molecule has 1 aromatic rings. The molecule has 0 N–H and O–H groups in total. The first-order valence-corrected chi connectivity index (χ1v) is 8.11. The molecule has 1 fully saturated rings. The van der Waals surface area contributed by atoms with Crippen molar-refractivity contribution in [1.82, 2.24) is 9.80 Å². The number of ether oxygens (including phenoxy) is 1. The first-order chi connectivity index (χ1) is 11.7. The molecule has 140 valence electrons. The van der Waals surface area contributed by atoms with Gasteiger partial charge in [0.05, 0.1) is 5.56 Å². The average Bonchev–Trinajstić information content (AvgIpc) is 2.51. The maximum absolute atomic E-state index is 13.7. The molecule has 0 amide bonds. The lowest BCUT2D eigenvalue weighted by Gasteiger charge is -2.35. The molecule has 4 nitrogen and oxygen atoms in total. The highest BCUT2D eigenvalue weighted by molar-refractivity contribution is 5.65. The molecule has 8 heteroatoms. The number of piperazine rings is 1. The number of hydrogen-bond donors (Lipinski definition) is 0. The van der Waals surface area contributed by atoms with E-state index < -0.39 is 17.6 Å². The molecular weight excluding hydrogens is 340 g/mol. The molecule has 25 heavy (non-hydrogen) atoms. The standard InChI is InChI=1S/C17H22F4N2O2/c1-12-9-15(17(19,20)21)14(10-16(12)18)11-23-5-3-22(4-6-23)7-8-25-13(2)24/h9-10H,3-8,11H2,1-2H3. The highest BCUT2D eigenvalue weighted by Crippen LogP contribution is 2.34. The Morgan fingerprint density at radius 3 is 2.32 bits per heavy atom. The highest BCUT2D eigenvalue weighted by atomic mass is 19.4. The molecular formula is C17H22F4N2O2. The molecule has 1 aromatic carbocycles. The van der Waals surface area contributed by atoms with Crippen molar-refractivity contribution in [3.63, 3.8) is 0 Å². The summed E-state index contributed by atoms with van der Waals surface area (Å²) in [7, 11) is 0.